The molecule has 0 radical (unpaired) electrons. The van der Waals surface area contributed by atoms with Gasteiger partial charge in [0.15, 0.2) is 0 Å². The lowest BCUT2D eigenvalue weighted by Crippen LogP contribution is -1.84. The number of hydrogen-bond donors (Lipinski definition) is 0. The molecule has 1 aromatic carbocycles. The van der Waals surface area contributed by atoms with E-state index >= 15 is 0 Å². The summed E-state index contributed by atoms with van der Waals surface area (Å²) in [5.74, 6) is 1.23. The molecule has 0 heterocycles. The highest BCUT2D eigenvalue weighted by Crippen LogP contribution is 2.27. The summed E-state index contributed by atoms with van der Waals surface area (Å²) in [7, 11) is 0. The van der Waals surface area contributed by atoms with Gasteiger partial charge in [-0.1, -0.05) is 22.0 Å². The van der Waals surface area contributed by atoms with Crippen molar-refractivity contribution in [3.63, 3.8) is 0 Å². The molecule has 0 amide bonds. The van der Waals surface area contributed by atoms with E-state index in [0.717, 1.165) is 5.33 Å². The molecule has 76 valence electrons. The van der Waals surface area contributed by atoms with Crippen LogP contribution < -0.4 is 0 Å². The fourth-order valence-corrected chi connectivity index (χ4v) is 3.45. The largest absolute Gasteiger partial charge is 0.126 e. The second-order valence-corrected chi connectivity index (χ2v) is 5.64. The van der Waals surface area contributed by atoms with Crippen molar-refractivity contribution in [2.75, 3.05) is 11.1 Å². The predicted octanol–water partition coefficient (Wildman–Crippen LogP) is 4.05. The Bertz CT molecular complexity index is 309. The van der Waals surface area contributed by atoms with Gasteiger partial charge in [-0.15, -0.1) is 11.8 Å². The Morgan fingerprint density at radius 1 is 1.21 bits per heavy atom. The minimum Gasteiger partial charge on any atom is -0.126 e. The summed E-state index contributed by atoms with van der Waals surface area (Å²) in [6.07, 6.45) is 5.19. The van der Waals surface area contributed by atoms with E-state index in [2.05, 4.69) is 34.1 Å². The van der Waals surface area contributed by atoms with Gasteiger partial charge >= 0.3 is 0 Å². The molecule has 0 aromatic heterocycles. The maximum Gasteiger partial charge on any atom is 0.00748 e. The van der Waals surface area contributed by atoms with E-state index in [-0.39, 0.29) is 0 Å². The normalized spacial score (nSPS) is 14.4. The number of halogens is 1. The number of benzene rings is 1. The van der Waals surface area contributed by atoms with E-state index in [4.69, 9.17) is 0 Å². The quantitative estimate of drug-likeness (QED) is 0.452. The molecule has 0 spiro atoms. The highest BCUT2D eigenvalue weighted by Gasteiger charge is 2.10. The number of aryl methyl sites for hydroxylation is 2. The minimum absolute atomic E-state index is 1.12. The Balaban J connectivity index is 1.98. The summed E-state index contributed by atoms with van der Waals surface area (Å²) >= 11 is 5.44. The monoisotopic (exact) mass is 270 g/mol. The molecule has 14 heavy (non-hydrogen) atoms. The highest BCUT2D eigenvalue weighted by molar-refractivity contribution is 9.09. The Morgan fingerprint density at radius 3 is 2.93 bits per heavy atom. The van der Waals surface area contributed by atoms with Gasteiger partial charge in [0.25, 0.3) is 0 Å². The second kappa shape index (κ2) is 5.22. The van der Waals surface area contributed by atoms with E-state index < -0.39 is 0 Å². The molecule has 0 saturated carbocycles. The Morgan fingerprint density at radius 2 is 2.07 bits per heavy atom. The zero-order valence-electron chi connectivity index (χ0n) is 8.26. The minimum atomic E-state index is 1.12. The van der Waals surface area contributed by atoms with Crippen molar-refractivity contribution in [3.8, 4) is 0 Å². The Labute approximate surface area is 98.6 Å². The van der Waals surface area contributed by atoms with Gasteiger partial charge in [-0.3, -0.25) is 0 Å². The van der Waals surface area contributed by atoms with Crippen LogP contribution in [0.1, 0.15) is 24.0 Å². The SMILES string of the molecule is BrCCCSc1ccc2c(c1)CCC2. The molecule has 0 nitrogen and oxygen atoms in total. The first-order valence-electron chi connectivity index (χ1n) is 5.21. The molecule has 0 fully saturated rings. The zero-order chi connectivity index (χ0) is 9.80. The number of alkyl halides is 1. The number of fused-ring (bicyclic) bond motifs is 1. The van der Waals surface area contributed by atoms with Crippen LogP contribution in [0.5, 0.6) is 0 Å². The van der Waals surface area contributed by atoms with Gasteiger partial charge < -0.3 is 0 Å². The zero-order valence-corrected chi connectivity index (χ0v) is 10.7. The molecule has 0 atom stereocenters. The Kier molecular flexibility index (Phi) is 3.94. The molecular formula is C12H15BrS. The number of hydrogen-bond acceptors (Lipinski definition) is 1. The van der Waals surface area contributed by atoms with Crippen LogP contribution in [0.3, 0.4) is 0 Å². The van der Waals surface area contributed by atoms with E-state index in [1.807, 2.05) is 11.8 Å². The van der Waals surface area contributed by atoms with E-state index in [1.54, 1.807) is 11.1 Å². The molecule has 2 rings (SSSR count). The maximum absolute atomic E-state index is 3.46. The van der Waals surface area contributed by atoms with Gasteiger partial charge in [-0.05, 0) is 54.7 Å². The molecule has 0 saturated heterocycles. The van der Waals surface area contributed by atoms with Crippen LogP contribution >= 0.6 is 27.7 Å². The van der Waals surface area contributed by atoms with Crippen LogP contribution in [0.4, 0.5) is 0 Å². The third kappa shape index (κ3) is 2.54. The number of thioether (sulfide) groups is 1. The van der Waals surface area contributed by atoms with Crippen LogP contribution in [-0.2, 0) is 12.8 Å². The number of rotatable bonds is 4. The summed E-state index contributed by atoms with van der Waals surface area (Å²) in [5, 5.41) is 1.12. The molecule has 0 unspecified atom stereocenters. The van der Waals surface area contributed by atoms with Crippen molar-refractivity contribution in [2.45, 2.75) is 30.6 Å². The third-order valence-electron chi connectivity index (χ3n) is 2.62. The summed E-state index contributed by atoms with van der Waals surface area (Å²) in [6.45, 7) is 0. The van der Waals surface area contributed by atoms with Gasteiger partial charge in [0.05, 0.1) is 0 Å². The van der Waals surface area contributed by atoms with Crippen LogP contribution in [0.25, 0.3) is 0 Å². The van der Waals surface area contributed by atoms with Gasteiger partial charge in [-0.2, -0.15) is 0 Å². The molecule has 2 heteroatoms. The molecule has 1 aliphatic carbocycles. The van der Waals surface area contributed by atoms with Gasteiger partial charge in [0.2, 0.25) is 0 Å². The van der Waals surface area contributed by atoms with Crippen LogP contribution in [0, 0.1) is 0 Å². The van der Waals surface area contributed by atoms with Crippen molar-refractivity contribution in [1.82, 2.24) is 0 Å². The first-order valence-corrected chi connectivity index (χ1v) is 7.31. The first kappa shape index (κ1) is 10.6. The molecule has 0 aliphatic heterocycles. The predicted molar refractivity (Wildman–Crippen MR) is 67.6 cm³/mol. The molecule has 0 N–H and O–H groups in total. The average molecular weight is 271 g/mol. The summed E-state index contributed by atoms with van der Waals surface area (Å²) < 4.78 is 0. The van der Waals surface area contributed by atoms with Crippen LogP contribution in [0.2, 0.25) is 0 Å². The third-order valence-corrected chi connectivity index (χ3v) is 4.26. The van der Waals surface area contributed by atoms with Crippen molar-refractivity contribution >= 4 is 27.7 Å². The van der Waals surface area contributed by atoms with Crippen LogP contribution in [-0.4, -0.2) is 11.1 Å². The lowest BCUT2D eigenvalue weighted by molar-refractivity contribution is 0.911. The van der Waals surface area contributed by atoms with E-state index in [1.165, 1.54) is 36.3 Å². The van der Waals surface area contributed by atoms with Crippen molar-refractivity contribution in [1.29, 1.82) is 0 Å². The van der Waals surface area contributed by atoms with Crippen LogP contribution in [0.15, 0.2) is 23.1 Å². The maximum atomic E-state index is 3.46. The van der Waals surface area contributed by atoms with E-state index in [9.17, 15) is 0 Å². The summed E-state index contributed by atoms with van der Waals surface area (Å²) in [4.78, 5) is 1.45. The summed E-state index contributed by atoms with van der Waals surface area (Å²) in [6, 6.07) is 6.99. The van der Waals surface area contributed by atoms with Crippen molar-refractivity contribution in [3.05, 3.63) is 29.3 Å². The lowest BCUT2D eigenvalue weighted by atomic mass is 10.1. The summed E-state index contributed by atoms with van der Waals surface area (Å²) in [5.41, 5.74) is 3.17. The van der Waals surface area contributed by atoms with Crippen molar-refractivity contribution < 1.29 is 0 Å². The molecular weight excluding hydrogens is 256 g/mol. The lowest BCUT2D eigenvalue weighted by Gasteiger charge is -2.03. The highest BCUT2D eigenvalue weighted by atomic mass is 79.9. The average Bonchev–Trinajstić information content (AvgIpc) is 2.65. The van der Waals surface area contributed by atoms with Gasteiger partial charge in [0.1, 0.15) is 0 Å². The van der Waals surface area contributed by atoms with E-state index in [0.29, 0.717) is 0 Å². The molecule has 1 aliphatic rings. The van der Waals surface area contributed by atoms with Gasteiger partial charge in [0, 0.05) is 10.2 Å². The standard InChI is InChI=1S/C12H15BrS/c13-7-2-8-14-12-6-5-10-3-1-4-11(10)9-12/h5-6,9H,1-4,7-8H2. The fraction of sp³-hybridized carbons (Fsp3) is 0.500. The smallest absolute Gasteiger partial charge is 0.00748 e. The second-order valence-electron chi connectivity index (χ2n) is 3.68. The Hall–Kier alpha value is 0.0500. The molecule has 1 aromatic rings. The van der Waals surface area contributed by atoms with Crippen molar-refractivity contribution in [2.24, 2.45) is 0 Å². The topological polar surface area (TPSA) is 0 Å². The van der Waals surface area contributed by atoms with Gasteiger partial charge in [-0.25, -0.2) is 0 Å². The first-order chi connectivity index (χ1) is 6.90. The fourth-order valence-electron chi connectivity index (χ4n) is 1.88. The molecule has 0 bridgehead atoms.